The number of ether oxygens (including phenoxy) is 1. The quantitative estimate of drug-likeness (QED) is 0.816. The van der Waals surface area contributed by atoms with E-state index in [1.165, 1.54) is 7.11 Å². The third kappa shape index (κ3) is 3.41. The van der Waals surface area contributed by atoms with Crippen molar-refractivity contribution in [3.8, 4) is 5.88 Å². The van der Waals surface area contributed by atoms with Crippen LogP contribution in [0.2, 0.25) is 0 Å². The zero-order valence-electron chi connectivity index (χ0n) is 9.72. The van der Waals surface area contributed by atoms with Gasteiger partial charge < -0.3 is 10.1 Å². The van der Waals surface area contributed by atoms with Crippen LogP contribution in [0.5, 0.6) is 5.88 Å². The predicted octanol–water partition coefficient (Wildman–Crippen LogP) is 0.224. The van der Waals surface area contributed by atoms with Crippen molar-refractivity contribution >= 4 is 9.84 Å². The molecule has 2 rings (SSSR count). The molecule has 1 aromatic heterocycles. The normalized spacial score (nSPS) is 16.5. The maximum atomic E-state index is 11.9. The van der Waals surface area contributed by atoms with Crippen molar-refractivity contribution in [2.75, 3.05) is 26.0 Å². The number of aromatic nitrogens is 1. The van der Waals surface area contributed by atoms with E-state index in [1.54, 1.807) is 18.2 Å². The summed E-state index contributed by atoms with van der Waals surface area (Å²) in [6, 6.07) is 5.16. The molecule has 0 atom stereocenters. The van der Waals surface area contributed by atoms with Gasteiger partial charge in [-0.1, -0.05) is 6.07 Å². The third-order valence-corrected chi connectivity index (χ3v) is 4.43. The van der Waals surface area contributed by atoms with E-state index >= 15 is 0 Å². The molecule has 0 saturated carbocycles. The molecule has 1 aliphatic heterocycles. The highest BCUT2D eigenvalue weighted by Crippen LogP contribution is 2.13. The van der Waals surface area contributed by atoms with Crippen molar-refractivity contribution in [1.29, 1.82) is 0 Å². The van der Waals surface area contributed by atoms with E-state index < -0.39 is 9.84 Å². The number of hydrogen-bond donors (Lipinski definition) is 1. The van der Waals surface area contributed by atoms with Gasteiger partial charge in [-0.05, 0) is 12.0 Å². The van der Waals surface area contributed by atoms with Crippen molar-refractivity contribution in [2.45, 2.75) is 5.75 Å². The molecule has 5 nitrogen and oxygen atoms in total. The molecule has 0 radical (unpaired) electrons. The Bertz CT molecular complexity index is 483. The Morgan fingerprint density at radius 3 is 2.82 bits per heavy atom. The lowest BCUT2D eigenvalue weighted by Crippen LogP contribution is -2.45. The summed E-state index contributed by atoms with van der Waals surface area (Å²) in [5.41, 5.74) is 0.539. The van der Waals surface area contributed by atoms with Crippen molar-refractivity contribution in [3.05, 3.63) is 23.9 Å². The van der Waals surface area contributed by atoms with Gasteiger partial charge >= 0.3 is 0 Å². The molecule has 0 amide bonds. The van der Waals surface area contributed by atoms with E-state index in [4.69, 9.17) is 4.74 Å². The smallest absolute Gasteiger partial charge is 0.213 e. The van der Waals surface area contributed by atoms with Gasteiger partial charge in [-0.15, -0.1) is 0 Å². The van der Waals surface area contributed by atoms with Gasteiger partial charge in [0.1, 0.15) is 0 Å². The summed E-state index contributed by atoms with van der Waals surface area (Å²) in [5, 5.41) is 3.07. The van der Waals surface area contributed by atoms with Gasteiger partial charge in [-0.2, -0.15) is 0 Å². The Kier molecular flexibility index (Phi) is 3.63. The lowest BCUT2D eigenvalue weighted by Gasteiger charge is -2.26. The van der Waals surface area contributed by atoms with Gasteiger partial charge in [0.25, 0.3) is 0 Å². The van der Waals surface area contributed by atoms with Crippen LogP contribution in [0.1, 0.15) is 5.69 Å². The van der Waals surface area contributed by atoms with Gasteiger partial charge in [0.05, 0.1) is 24.3 Å². The van der Waals surface area contributed by atoms with Gasteiger partial charge in [0.2, 0.25) is 5.88 Å². The van der Waals surface area contributed by atoms with Gasteiger partial charge in [0, 0.05) is 19.2 Å². The molecule has 17 heavy (non-hydrogen) atoms. The summed E-state index contributed by atoms with van der Waals surface area (Å²) in [7, 11) is -1.56. The summed E-state index contributed by atoms with van der Waals surface area (Å²) >= 11 is 0. The lowest BCUT2D eigenvalue weighted by molar-refractivity contribution is 0.378. The minimum Gasteiger partial charge on any atom is -0.481 e. The molecular weight excluding hydrogens is 240 g/mol. The first kappa shape index (κ1) is 12.3. The fourth-order valence-electron chi connectivity index (χ4n) is 1.76. The van der Waals surface area contributed by atoms with Crippen molar-refractivity contribution in [1.82, 2.24) is 10.3 Å². The largest absolute Gasteiger partial charge is 0.481 e. The maximum Gasteiger partial charge on any atom is 0.213 e. The molecule has 1 N–H and O–H groups in total. The first-order valence-corrected chi connectivity index (χ1v) is 7.32. The van der Waals surface area contributed by atoms with Gasteiger partial charge in [0.15, 0.2) is 9.84 Å². The molecule has 6 heteroatoms. The Labute approximate surface area is 101 Å². The number of hydrogen-bond acceptors (Lipinski definition) is 5. The molecule has 1 aliphatic rings. The van der Waals surface area contributed by atoms with E-state index in [2.05, 4.69) is 10.3 Å². The molecule has 94 valence electrons. The third-order valence-electron chi connectivity index (χ3n) is 2.71. The number of nitrogens with zero attached hydrogens (tertiary/aromatic N) is 1. The Balaban J connectivity index is 2.02. The van der Waals surface area contributed by atoms with Gasteiger partial charge in [-0.25, -0.2) is 13.4 Å². The van der Waals surface area contributed by atoms with Crippen LogP contribution in [0.15, 0.2) is 18.2 Å². The van der Waals surface area contributed by atoms with Crippen LogP contribution >= 0.6 is 0 Å². The predicted molar refractivity (Wildman–Crippen MR) is 64.6 cm³/mol. The molecule has 2 heterocycles. The number of methoxy groups -OCH3 is 1. The molecule has 0 spiro atoms. The fraction of sp³-hybridized carbons (Fsp3) is 0.545. The number of rotatable bonds is 5. The van der Waals surface area contributed by atoms with Crippen LogP contribution in [0.3, 0.4) is 0 Å². The second kappa shape index (κ2) is 5.01. The van der Waals surface area contributed by atoms with E-state index in [-0.39, 0.29) is 17.4 Å². The number of pyridine rings is 1. The SMILES string of the molecule is COc1cccc(CS(=O)(=O)CC2CNC2)n1. The zero-order valence-corrected chi connectivity index (χ0v) is 10.5. The summed E-state index contributed by atoms with van der Waals surface area (Å²) < 4.78 is 28.8. The summed E-state index contributed by atoms with van der Waals surface area (Å²) in [6.45, 7) is 1.59. The van der Waals surface area contributed by atoms with Crippen molar-refractivity contribution in [3.63, 3.8) is 0 Å². The molecule has 1 aromatic rings. The Hall–Kier alpha value is -1.14. The average Bonchev–Trinajstić information content (AvgIpc) is 2.23. The van der Waals surface area contributed by atoms with E-state index in [0.717, 1.165) is 13.1 Å². The minimum atomic E-state index is -3.08. The second-order valence-corrected chi connectivity index (χ2v) is 6.36. The molecule has 0 bridgehead atoms. The van der Waals surface area contributed by atoms with Crippen LogP contribution in [0, 0.1) is 5.92 Å². The highest BCUT2D eigenvalue weighted by Gasteiger charge is 2.24. The van der Waals surface area contributed by atoms with Crippen LogP contribution < -0.4 is 10.1 Å². The number of nitrogens with one attached hydrogen (secondary N) is 1. The Morgan fingerprint density at radius 2 is 2.24 bits per heavy atom. The first-order chi connectivity index (χ1) is 8.09. The average molecular weight is 256 g/mol. The fourth-order valence-corrected chi connectivity index (χ4v) is 3.44. The molecular formula is C11H16N2O3S. The standard InChI is InChI=1S/C11H16N2O3S/c1-16-11-4-2-3-10(13-11)8-17(14,15)7-9-5-12-6-9/h2-4,9,12H,5-8H2,1H3. The molecule has 1 fully saturated rings. The monoisotopic (exact) mass is 256 g/mol. The topological polar surface area (TPSA) is 68.3 Å². The number of sulfone groups is 1. The molecule has 1 saturated heterocycles. The molecule has 0 aliphatic carbocycles. The minimum absolute atomic E-state index is 0.0132. The van der Waals surface area contributed by atoms with E-state index in [1.807, 2.05) is 0 Å². The van der Waals surface area contributed by atoms with E-state index in [9.17, 15) is 8.42 Å². The van der Waals surface area contributed by atoms with Gasteiger partial charge in [-0.3, -0.25) is 0 Å². The highest BCUT2D eigenvalue weighted by molar-refractivity contribution is 7.90. The molecule has 0 aromatic carbocycles. The van der Waals surface area contributed by atoms with E-state index in [0.29, 0.717) is 11.6 Å². The summed E-state index contributed by atoms with van der Waals surface area (Å²) in [4.78, 5) is 4.11. The first-order valence-electron chi connectivity index (χ1n) is 5.50. The van der Waals surface area contributed by atoms with Crippen molar-refractivity contribution in [2.24, 2.45) is 5.92 Å². The maximum absolute atomic E-state index is 11.9. The van der Waals surface area contributed by atoms with Crippen LogP contribution in [0.4, 0.5) is 0 Å². The summed E-state index contributed by atoms with van der Waals surface area (Å²) in [6.07, 6.45) is 0. The van der Waals surface area contributed by atoms with Crippen LogP contribution in [0.25, 0.3) is 0 Å². The second-order valence-electron chi connectivity index (χ2n) is 4.25. The van der Waals surface area contributed by atoms with Crippen LogP contribution in [-0.2, 0) is 15.6 Å². The Morgan fingerprint density at radius 1 is 1.47 bits per heavy atom. The van der Waals surface area contributed by atoms with Crippen molar-refractivity contribution < 1.29 is 13.2 Å². The summed E-state index contributed by atoms with van der Waals surface area (Å²) in [5.74, 6) is 0.924. The zero-order chi connectivity index (χ0) is 12.3. The molecule has 0 unspecified atom stereocenters. The lowest BCUT2D eigenvalue weighted by atomic mass is 10.1. The van der Waals surface area contributed by atoms with Crippen LogP contribution in [-0.4, -0.2) is 39.4 Å². The highest BCUT2D eigenvalue weighted by atomic mass is 32.2.